The van der Waals surface area contributed by atoms with Gasteiger partial charge in [-0.1, -0.05) is 6.92 Å². The summed E-state index contributed by atoms with van der Waals surface area (Å²) in [6.07, 6.45) is 1.84. The van der Waals surface area contributed by atoms with Crippen LogP contribution in [0.5, 0.6) is 0 Å². The predicted octanol–water partition coefficient (Wildman–Crippen LogP) is 2.69. The van der Waals surface area contributed by atoms with E-state index < -0.39 is 0 Å². The first-order valence-corrected chi connectivity index (χ1v) is 7.46. The fourth-order valence-electron chi connectivity index (χ4n) is 2.64. The number of anilines is 2. The van der Waals surface area contributed by atoms with Crippen molar-refractivity contribution in [3.05, 3.63) is 41.2 Å². The van der Waals surface area contributed by atoms with E-state index in [2.05, 4.69) is 15.7 Å². The summed E-state index contributed by atoms with van der Waals surface area (Å²) >= 11 is 0. The van der Waals surface area contributed by atoms with Crippen LogP contribution in [0.1, 0.15) is 35.6 Å². The molecule has 1 aliphatic rings. The van der Waals surface area contributed by atoms with E-state index in [0.29, 0.717) is 12.2 Å². The smallest absolute Gasteiger partial charge is 0.273 e. The molecule has 1 amide bonds. The number of aryl methyl sites for hydroxylation is 2. The van der Waals surface area contributed by atoms with Gasteiger partial charge in [0.1, 0.15) is 5.69 Å². The largest absolute Gasteiger partial charge is 0.384 e. The topological polar surface area (TPSA) is 59.0 Å². The molecule has 0 fully saturated rings. The van der Waals surface area contributed by atoms with Gasteiger partial charge in [-0.25, -0.2) is 0 Å². The average molecular weight is 284 g/mol. The number of carbonyl (C=O) groups is 1. The van der Waals surface area contributed by atoms with E-state index in [-0.39, 0.29) is 5.91 Å². The van der Waals surface area contributed by atoms with Gasteiger partial charge < -0.3 is 10.6 Å². The normalized spacial score (nSPS) is 12.9. The lowest BCUT2D eigenvalue weighted by atomic mass is 10.1. The molecule has 2 aromatic rings. The summed E-state index contributed by atoms with van der Waals surface area (Å²) in [5.41, 5.74) is 4.82. The van der Waals surface area contributed by atoms with Crippen LogP contribution in [0.2, 0.25) is 0 Å². The zero-order valence-corrected chi connectivity index (χ0v) is 12.4. The second-order valence-corrected chi connectivity index (χ2v) is 5.19. The van der Waals surface area contributed by atoms with Crippen molar-refractivity contribution in [2.45, 2.75) is 33.2 Å². The summed E-state index contributed by atoms with van der Waals surface area (Å²) in [7, 11) is 0. The minimum atomic E-state index is -0.102. The van der Waals surface area contributed by atoms with Crippen molar-refractivity contribution in [2.75, 3.05) is 17.2 Å². The van der Waals surface area contributed by atoms with Gasteiger partial charge in [0.05, 0.1) is 5.69 Å². The lowest BCUT2D eigenvalue weighted by Gasteiger charge is -2.08. The molecule has 0 atom stereocenters. The average Bonchev–Trinajstić information content (AvgIpc) is 3.12. The van der Waals surface area contributed by atoms with Crippen molar-refractivity contribution < 1.29 is 4.79 Å². The van der Waals surface area contributed by atoms with Crippen molar-refractivity contribution in [3.8, 4) is 0 Å². The Morgan fingerprint density at radius 2 is 2.24 bits per heavy atom. The number of amides is 1. The first-order valence-electron chi connectivity index (χ1n) is 7.46. The Kier molecular flexibility index (Phi) is 3.64. The molecule has 2 heterocycles. The number of hydrogen-bond donors (Lipinski definition) is 2. The number of benzene rings is 1. The number of fused-ring (bicyclic) bond motifs is 1. The van der Waals surface area contributed by atoms with E-state index in [1.807, 2.05) is 38.1 Å². The van der Waals surface area contributed by atoms with Gasteiger partial charge in [0, 0.05) is 24.5 Å². The molecule has 5 heteroatoms. The molecule has 0 radical (unpaired) electrons. The Labute approximate surface area is 124 Å². The van der Waals surface area contributed by atoms with Crippen LogP contribution < -0.4 is 10.6 Å². The van der Waals surface area contributed by atoms with Gasteiger partial charge in [-0.15, -0.1) is 0 Å². The Hall–Kier alpha value is -2.30. The highest BCUT2D eigenvalue weighted by molar-refractivity contribution is 6.03. The highest BCUT2D eigenvalue weighted by Gasteiger charge is 2.15. The standard InChI is InChI=1S/C16H20N4O/c1-3-12-10-15(20(4-2)19-12)16(21)18-13-5-6-14-11(9-13)7-8-17-14/h5-6,9-10,17H,3-4,7-8H2,1-2H3,(H,18,21). The number of nitrogens with one attached hydrogen (secondary N) is 2. The number of hydrogen-bond acceptors (Lipinski definition) is 3. The van der Waals surface area contributed by atoms with Crippen molar-refractivity contribution in [3.63, 3.8) is 0 Å². The fourth-order valence-corrected chi connectivity index (χ4v) is 2.64. The zero-order valence-electron chi connectivity index (χ0n) is 12.4. The van der Waals surface area contributed by atoms with Crippen LogP contribution in [0.25, 0.3) is 0 Å². The Morgan fingerprint density at radius 1 is 1.38 bits per heavy atom. The SMILES string of the molecule is CCc1cc(C(=O)Nc2ccc3c(c2)CCN3)n(CC)n1. The monoisotopic (exact) mass is 284 g/mol. The molecule has 21 heavy (non-hydrogen) atoms. The Bertz CT molecular complexity index is 675. The summed E-state index contributed by atoms with van der Waals surface area (Å²) in [4.78, 5) is 12.4. The minimum Gasteiger partial charge on any atom is -0.384 e. The highest BCUT2D eigenvalue weighted by Crippen LogP contribution is 2.25. The van der Waals surface area contributed by atoms with Crippen LogP contribution in [0.4, 0.5) is 11.4 Å². The van der Waals surface area contributed by atoms with Gasteiger partial charge >= 0.3 is 0 Å². The van der Waals surface area contributed by atoms with Gasteiger partial charge in [0.15, 0.2) is 0 Å². The molecule has 1 aliphatic heterocycles. The first kappa shape index (κ1) is 13.7. The van der Waals surface area contributed by atoms with E-state index in [4.69, 9.17) is 0 Å². The third kappa shape index (κ3) is 2.63. The molecular formula is C16H20N4O. The van der Waals surface area contributed by atoms with Gasteiger partial charge in [0.2, 0.25) is 0 Å². The van der Waals surface area contributed by atoms with E-state index >= 15 is 0 Å². The molecule has 110 valence electrons. The van der Waals surface area contributed by atoms with E-state index in [9.17, 15) is 4.79 Å². The molecule has 0 bridgehead atoms. The maximum atomic E-state index is 12.4. The summed E-state index contributed by atoms with van der Waals surface area (Å²) in [6.45, 7) is 5.69. The molecule has 3 rings (SSSR count). The summed E-state index contributed by atoms with van der Waals surface area (Å²) < 4.78 is 1.75. The summed E-state index contributed by atoms with van der Waals surface area (Å²) in [5, 5.41) is 10.7. The highest BCUT2D eigenvalue weighted by atomic mass is 16.2. The molecule has 0 spiro atoms. The zero-order chi connectivity index (χ0) is 14.8. The fraction of sp³-hybridized carbons (Fsp3) is 0.375. The third-order valence-corrected chi connectivity index (χ3v) is 3.80. The van der Waals surface area contributed by atoms with Crippen molar-refractivity contribution in [1.29, 1.82) is 0 Å². The molecule has 0 aliphatic carbocycles. The van der Waals surface area contributed by atoms with E-state index in [1.54, 1.807) is 4.68 Å². The molecule has 1 aromatic heterocycles. The van der Waals surface area contributed by atoms with E-state index in [1.165, 1.54) is 11.3 Å². The molecule has 5 nitrogen and oxygen atoms in total. The van der Waals surface area contributed by atoms with Crippen LogP contribution in [-0.4, -0.2) is 22.2 Å². The van der Waals surface area contributed by atoms with Crippen LogP contribution >= 0.6 is 0 Å². The molecule has 0 saturated heterocycles. The maximum Gasteiger partial charge on any atom is 0.273 e. The van der Waals surface area contributed by atoms with Crippen LogP contribution in [0, 0.1) is 0 Å². The van der Waals surface area contributed by atoms with Crippen molar-refractivity contribution in [2.24, 2.45) is 0 Å². The molecule has 1 aromatic carbocycles. The van der Waals surface area contributed by atoms with Crippen LogP contribution in [-0.2, 0) is 19.4 Å². The van der Waals surface area contributed by atoms with Gasteiger partial charge in [0.25, 0.3) is 5.91 Å². The lowest BCUT2D eigenvalue weighted by molar-refractivity contribution is 0.101. The maximum absolute atomic E-state index is 12.4. The number of rotatable bonds is 4. The van der Waals surface area contributed by atoms with E-state index in [0.717, 1.165) is 30.8 Å². The summed E-state index contributed by atoms with van der Waals surface area (Å²) in [6, 6.07) is 7.86. The first-order chi connectivity index (χ1) is 10.2. The molecular weight excluding hydrogens is 264 g/mol. The Morgan fingerprint density at radius 3 is 3.00 bits per heavy atom. The molecule has 2 N–H and O–H groups in total. The van der Waals surface area contributed by atoms with Gasteiger partial charge in [-0.3, -0.25) is 9.48 Å². The van der Waals surface area contributed by atoms with Crippen LogP contribution in [0.3, 0.4) is 0 Å². The quantitative estimate of drug-likeness (QED) is 0.907. The summed E-state index contributed by atoms with van der Waals surface area (Å²) in [5.74, 6) is -0.102. The minimum absolute atomic E-state index is 0.102. The Balaban J connectivity index is 1.81. The predicted molar refractivity (Wildman–Crippen MR) is 83.9 cm³/mol. The molecule has 0 saturated carbocycles. The third-order valence-electron chi connectivity index (χ3n) is 3.80. The molecule has 0 unspecified atom stereocenters. The second kappa shape index (κ2) is 5.60. The lowest BCUT2D eigenvalue weighted by Crippen LogP contribution is -2.17. The van der Waals surface area contributed by atoms with Gasteiger partial charge in [-0.05, 0) is 49.6 Å². The van der Waals surface area contributed by atoms with Crippen molar-refractivity contribution in [1.82, 2.24) is 9.78 Å². The van der Waals surface area contributed by atoms with Crippen molar-refractivity contribution >= 4 is 17.3 Å². The number of aromatic nitrogens is 2. The van der Waals surface area contributed by atoms with Gasteiger partial charge in [-0.2, -0.15) is 5.10 Å². The number of nitrogens with zero attached hydrogens (tertiary/aromatic N) is 2. The van der Waals surface area contributed by atoms with Crippen LogP contribution in [0.15, 0.2) is 24.3 Å². The second-order valence-electron chi connectivity index (χ2n) is 5.19. The number of carbonyl (C=O) groups excluding carboxylic acids is 1.